The van der Waals surface area contributed by atoms with E-state index < -0.39 is 55.9 Å². The van der Waals surface area contributed by atoms with Crippen LogP contribution in [0.2, 0.25) is 18.1 Å². The standard InChI is InChI=1S/C24H40F2N2O4Si/c1-23(2,3)31-22(30)28-14-18(29)13-20(28)21(32-33(7,8)24(4,5)6)19(27)11-15-9-16(25)12-17(26)10-15/h9-10,12,18-21,29H,11,13-14,27H2,1-8H3/t18-,19+,20-,21+/m1/s1. The number of benzene rings is 1. The second-order valence-corrected chi connectivity index (χ2v) is 16.3. The second kappa shape index (κ2) is 9.97. The molecule has 1 aliphatic rings. The molecule has 33 heavy (non-hydrogen) atoms. The van der Waals surface area contributed by atoms with E-state index in [1.807, 2.05) is 0 Å². The molecule has 0 aliphatic carbocycles. The van der Waals surface area contributed by atoms with E-state index in [0.29, 0.717) is 5.56 Å². The Balaban J connectivity index is 2.40. The summed E-state index contributed by atoms with van der Waals surface area (Å²) in [5.74, 6) is -1.35. The molecule has 1 saturated heterocycles. The number of likely N-dealkylation sites (tertiary alicyclic amines) is 1. The third kappa shape index (κ3) is 7.47. The number of halogens is 2. The molecule has 1 aliphatic heterocycles. The van der Waals surface area contributed by atoms with Crippen LogP contribution >= 0.6 is 0 Å². The number of ether oxygens (including phenoxy) is 1. The van der Waals surface area contributed by atoms with Crippen molar-refractivity contribution in [2.24, 2.45) is 5.73 Å². The van der Waals surface area contributed by atoms with Crippen molar-refractivity contribution in [2.75, 3.05) is 6.54 Å². The van der Waals surface area contributed by atoms with E-state index >= 15 is 0 Å². The molecule has 0 radical (unpaired) electrons. The van der Waals surface area contributed by atoms with E-state index in [1.165, 1.54) is 17.0 Å². The van der Waals surface area contributed by atoms with Gasteiger partial charge in [-0.3, -0.25) is 4.90 Å². The van der Waals surface area contributed by atoms with Crippen LogP contribution in [0, 0.1) is 11.6 Å². The van der Waals surface area contributed by atoms with Crippen molar-refractivity contribution >= 4 is 14.4 Å². The topological polar surface area (TPSA) is 85.0 Å². The number of carbonyl (C=O) groups excluding carboxylic acids is 1. The highest BCUT2D eigenvalue weighted by Gasteiger charge is 2.48. The Morgan fingerprint density at radius 1 is 1.18 bits per heavy atom. The molecule has 9 heteroatoms. The number of rotatable bonds is 6. The number of carbonyl (C=O) groups is 1. The van der Waals surface area contributed by atoms with Crippen LogP contribution < -0.4 is 5.73 Å². The average Bonchev–Trinajstić information content (AvgIpc) is 2.98. The van der Waals surface area contributed by atoms with Gasteiger partial charge in [0.15, 0.2) is 8.32 Å². The molecule has 4 atom stereocenters. The van der Waals surface area contributed by atoms with Crippen LogP contribution in [0.15, 0.2) is 18.2 Å². The zero-order chi connectivity index (χ0) is 25.4. The molecule has 0 bridgehead atoms. The molecule has 188 valence electrons. The summed E-state index contributed by atoms with van der Waals surface area (Å²) in [6, 6.07) is 2.12. The number of aliphatic hydroxyl groups excluding tert-OH is 1. The third-order valence-corrected chi connectivity index (χ3v) is 10.9. The smallest absolute Gasteiger partial charge is 0.410 e. The minimum Gasteiger partial charge on any atom is -0.444 e. The SMILES string of the molecule is CC(C)(C)OC(=O)N1C[C@H](O)C[C@@H]1[C@@H](O[Si](C)(C)C(C)(C)C)[C@@H](N)Cc1cc(F)cc(F)c1. The predicted octanol–water partition coefficient (Wildman–Crippen LogP) is 4.60. The molecule has 0 spiro atoms. The first kappa shape index (κ1) is 27.7. The lowest BCUT2D eigenvalue weighted by Gasteiger charge is -2.44. The van der Waals surface area contributed by atoms with E-state index in [-0.39, 0.29) is 24.4 Å². The lowest BCUT2D eigenvalue weighted by atomic mass is 9.95. The maximum Gasteiger partial charge on any atom is 0.410 e. The highest BCUT2D eigenvalue weighted by molar-refractivity contribution is 6.74. The molecule has 2 rings (SSSR count). The highest BCUT2D eigenvalue weighted by Crippen LogP contribution is 2.39. The maximum absolute atomic E-state index is 13.8. The zero-order valence-electron chi connectivity index (χ0n) is 21.1. The number of nitrogens with zero attached hydrogens (tertiary/aromatic N) is 1. The van der Waals surface area contributed by atoms with Crippen LogP contribution in [0.5, 0.6) is 0 Å². The van der Waals surface area contributed by atoms with Gasteiger partial charge in [-0.1, -0.05) is 20.8 Å². The summed E-state index contributed by atoms with van der Waals surface area (Å²) in [7, 11) is -2.36. The minimum atomic E-state index is -2.36. The first-order chi connectivity index (χ1) is 14.9. The molecule has 1 fully saturated rings. The molecule has 1 aromatic carbocycles. The van der Waals surface area contributed by atoms with Crippen molar-refractivity contribution < 1.29 is 27.8 Å². The van der Waals surface area contributed by atoms with Gasteiger partial charge in [0.05, 0.1) is 24.8 Å². The molecule has 3 N–H and O–H groups in total. The van der Waals surface area contributed by atoms with Crippen LogP contribution in [0.1, 0.15) is 53.5 Å². The Morgan fingerprint density at radius 2 is 1.73 bits per heavy atom. The van der Waals surface area contributed by atoms with Gasteiger partial charge in [-0.05, 0) is 69.4 Å². The van der Waals surface area contributed by atoms with Gasteiger partial charge in [0.25, 0.3) is 0 Å². The fourth-order valence-electron chi connectivity index (χ4n) is 3.77. The van der Waals surface area contributed by atoms with Crippen molar-refractivity contribution in [1.82, 2.24) is 4.90 Å². The molecule has 6 nitrogen and oxygen atoms in total. The summed E-state index contributed by atoms with van der Waals surface area (Å²) in [4.78, 5) is 14.4. The van der Waals surface area contributed by atoms with Crippen LogP contribution in [-0.4, -0.2) is 60.9 Å². The van der Waals surface area contributed by atoms with Crippen LogP contribution in [0.25, 0.3) is 0 Å². The maximum atomic E-state index is 13.8. The van der Waals surface area contributed by atoms with Gasteiger partial charge in [0.2, 0.25) is 0 Å². The van der Waals surface area contributed by atoms with E-state index in [0.717, 1.165) is 6.07 Å². The van der Waals surface area contributed by atoms with Gasteiger partial charge >= 0.3 is 6.09 Å². The van der Waals surface area contributed by atoms with Gasteiger partial charge in [0, 0.05) is 12.1 Å². The Labute approximate surface area is 197 Å². The summed E-state index contributed by atoms with van der Waals surface area (Å²) in [5.41, 5.74) is 6.31. The summed E-state index contributed by atoms with van der Waals surface area (Å²) >= 11 is 0. The van der Waals surface area contributed by atoms with Crippen LogP contribution in [0.3, 0.4) is 0 Å². The van der Waals surface area contributed by atoms with Crippen molar-refractivity contribution in [2.45, 2.75) is 102 Å². The minimum absolute atomic E-state index is 0.109. The summed E-state index contributed by atoms with van der Waals surface area (Å²) in [6.45, 7) is 15.9. The first-order valence-corrected chi connectivity index (χ1v) is 14.4. The summed E-state index contributed by atoms with van der Waals surface area (Å²) < 4.78 is 39.8. The first-order valence-electron chi connectivity index (χ1n) is 11.5. The lowest BCUT2D eigenvalue weighted by molar-refractivity contribution is 0.00301. The Kier molecular flexibility index (Phi) is 8.37. The van der Waals surface area contributed by atoms with Gasteiger partial charge < -0.3 is 20.0 Å². The summed E-state index contributed by atoms with van der Waals surface area (Å²) in [6.07, 6.45) is -1.50. The summed E-state index contributed by atoms with van der Waals surface area (Å²) in [5, 5.41) is 10.3. The number of hydrogen-bond acceptors (Lipinski definition) is 5. The zero-order valence-corrected chi connectivity index (χ0v) is 22.1. The molecule has 1 heterocycles. The molecule has 0 unspecified atom stereocenters. The van der Waals surface area contributed by atoms with Crippen molar-refractivity contribution in [3.63, 3.8) is 0 Å². The van der Waals surface area contributed by atoms with Gasteiger partial charge in [0.1, 0.15) is 17.2 Å². The largest absolute Gasteiger partial charge is 0.444 e. The third-order valence-electron chi connectivity index (χ3n) is 6.38. The quantitative estimate of drug-likeness (QED) is 0.574. The highest BCUT2D eigenvalue weighted by atomic mass is 28.4. The molecular formula is C24H40F2N2O4Si. The second-order valence-electron chi connectivity index (χ2n) is 11.6. The lowest BCUT2D eigenvalue weighted by Crippen LogP contribution is -2.58. The van der Waals surface area contributed by atoms with Crippen molar-refractivity contribution in [3.8, 4) is 0 Å². The van der Waals surface area contributed by atoms with Gasteiger partial charge in [-0.15, -0.1) is 0 Å². The van der Waals surface area contributed by atoms with Gasteiger partial charge in [-0.2, -0.15) is 0 Å². The van der Waals surface area contributed by atoms with Crippen molar-refractivity contribution in [1.29, 1.82) is 0 Å². The number of hydrogen-bond donors (Lipinski definition) is 2. The molecule has 1 aromatic rings. The molecule has 0 aromatic heterocycles. The fourth-order valence-corrected chi connectivity index (χ4v) is 5.14. The Bertz CT molecular complexity index is 818. The molecule has 1 amide bonds. The van der Waals surface area contributed by atoms with E-state index in [9.17, 15) is 18.7 Å². The fraction of sp³-hybridized carbons (Fsp3) is 0.708. The normalized spacial score (nSPS) is 21.8. The molecular weight excluding hydrogens is 446 g/mol. The van der Waals surface area contributed by atoms with E-state index in [1.54, 1.807) is 20.8 Å². The van der Waals surface area contributed by atoms with Crippen molar-refractivity contribution in [3.05, 3.63) is 35.4 Å². The Hall–Kier alpha value is -1.55. The van der Waals surface area contributed by atoms with Crippen LogP contribution in [-0.2, 0) is 15.6 Å². The van der Waals surface area contributed by atoms with E-state index in [4.69, 9.17) is 14.9 Å². The predicted molar refractivity (Wildman–Crippen MR) is 127 cm³/mol. The average molecular weight is 487 g/mol. The number of aliphatic hydroxyl groups is 1. The van der Waals surface area contributed by atoms with E-state index in [2.05, 4.69) is 33.9 Å². The number of β-amino-alcohol motifs (C(OH)–C–C–N with tert-alkyl or cyclic N) is 1. The Morgan fingerprint density at radius 3 is 2.21 bits per heavy atom. The number of nitrogens with two attached hydrogens (primary N) is 1. The monoisotopic (exact) mass is 486 g/mol. The molecule has 0 saturated carbocycles. The van der Waals surface area contributed by atoms with Gasteiger partial charge in [-0.25, -0.2) is 13.6 Å². The van der Waals surface area contributed by atoms with Crippen LogP contribution in [0.4, 0.5) is 13.6 Å². The number of amides is 1.